The highest BCUT2D eigenvalue weighted by atomic mass is 32.2. The van der Waals surface area contributed by atoms with Gasteiger partial charge < -0.3 is 10.0 Å². The Kier molecular flexibility index (Phi) is 5.11. The van der Waals surface area contributed by atoms with E-state index in [1.165, 1.54) is 12.1 Å². The lowest BCUT2D eigenvalue weighted by molar-refractivity contribution is 0.0788. The van der Waals surface area contributed by atoms with Crippen LogP contribution in [-0.4, -0.2) is 43.5 Å². The number of amides is 1. The van der Waals surface area contributed by atoms with Crippen molar-refractivity contribution in [3.05, 3.63) is 77.7 Å². The van der Waals surface area contributed by atoms with E-state index in [1.807, 2.05) is 30.3 Å². The van der Waals surface area contributed by atoms with Crippen LogP contribution in [0.25, 0.3) is 0 Å². The third-order valence-corrected chi connectivity index (χ3v) is 5.55. The molecule has 0 unspecified atom stereocenters. The highest BCUT2D eigenvalue weighted by Crippen LogP contribution is 2.29. The number of benzene rings is 2. The molecule has 0 radical (unpaired) electrons. The van der Waals surface area contributed by atoms with Crippen molar-refractivity contribution in [3.8, 4) is 5.75 Å². The Morgan fingerprint density at radius 1 is 1.12 bits per heavy atom. The number of rotatable bonds is 5. The molecule has 2 N–H and O–H groups in total. The molecule has 26 heavy (non-hydrogen) atoms. The minimum atomic E-state index is -3.62. The van der Waals surface area contributed by atoms with Crippen LogP contribution < -0.4 is 4.72 Å². The van der Waals surface area contributed by atoms with Gasteiger partial charge in [0.05, 0.1) is 0 Å². The van der Waals surface area contributed by atoms with Crippen LogP contribution in [0.1, 0.15) is 21.8 Å². The molecule has 1 amide bonds. The fourth-order valence-corrected chi connectivity index (χ4v) is 3.93. The lowest BCUT2D eigenvalue weighted by Crippen LogP contribution is -2.39. The van der Waals surface area contributed by atoms with E-state index in [4.69, 9.17) is 0 Å². The second kappa shape index (κ2) is 7.31. The molecule has 7 heteroatoms. The number of likely N-dealkylation sites (tertiary alicyclic amines) is 1. The number of carbonyl (C=O) groups is 1. The summed E-state index contributed by atoms with van der Waals surface area (Å²) in [6, 6.07) is 15.1. The molecular weight excluding hydrogens is 352 g/mol. The number of hydrogen-bond donors (Lipinski definition) is 2. The van der Waals surface area contributed by atoms with Crippen molar-refractivity contribution >= 4 is 15.9 Å². The number of aromatic hydroxyl groups is 1. The van der Waals surface area contributed by atoms with Gasteiger partial charge in [-0.25, -0.2) is 13.1 Å². The van der Waals surface area contributed by atoms with Crippen LogP contribution >= 0.6 is 0 Å². The first-order chi connectivity index (χ1) is 12.4. The van der Waals surface area contributed by atoms with E-state index in [9.17, 15) is 18.3 Å². The molecule has 0 bridgehead atoms. The van der Waals surface area contributed by atoms with Gasteiger partial charge in [0, 0.05) is 36.0 Å². The minimum Gasteiger partial charge on any atom is -0.508 e. The lowest BCUT2D eigenvalue weighted by atomic mass is 9.95. The summed E-state index contributed by atoms with van der Waals surface area (Å²) in [5.74, 6) is -0.278. The Morgan fingerprint density at radius 2 is 1.77 bits per heavy atom. The van der Waals surface area contributed by atoms with Gasteiger partial charge in [-0.2, -0.15) is 0 Å². The maximum absolute atomic E-state index is 12.8. The molecule has 0 spiro atoms. The second-order valence-corrected chi connectivity index (χ2v) is 7.87. The standard InChI is InChI=1S/C19H20N2O4S/c1-2-26(24,25)20-18-13-21(12-17(18)14-6-4-3-5-7-14)19(23)15-8-10-16(22)11-9-15/h2-11,17-18,20,22H,1,12-13H2/t17-,18+/m0/s1. The number of carbonyl (C=O) groups excluding carboxylic acids is 1. The first-order valence-electron chi connectivity index (χ1n) is 8.17. The van der Waals surface area contributed by atoms with Gasteiger partial charge in [-0.1, -0.05) is 36.9 Å². The number of phenolic OH excluding ortho intramolecular Hbond substituents is 1. The summed E-state index contributed by atoms with van der Waals surface area (Å²) in [6.45, 7) is 3.98. The fourth-order valence-electron chi connectivity index (χ4n) is 3.17. The summed E-state index contributed by atoms with van der Waals surface area (Å²) in [5, 5.41) is 10.3. The third-order valence-electron chi connectivity index (χ3n) is 4.48. The molecule has 1 aliphatic heterocycles. The van der Waals surface area contributed by atoms with Gasteiger partial charge in [-0.15, -0.1) is 0 Å². The Bertz CT molecular complexity index is 895. The Labute approximate surface area is 152 Å². The molecule has 2 aromatic carbocycles. The van der Waals surface area contributed by atoms with Crippen molar-refractivity contribution in [1.82, 2.24) is 9.62 Å². The van der Waals surface area contributed by atoms with Crippen molar-refractivity contribution in [2.75, 3.05) is 13.1 Å². The van der Waals surface area contributed by atoms with Crippen molar-refractivity contribution in [1.29, 1.82) is 0 Å². The molecule has 0 aliphatic carbocycles. The summed E-state index contributed by atoms with van der Waals surface area (Å²) in [6.07, 6.45) is 0. The van der Waals surface area contributed by atoms with E-state index in [1.54, 1.807) is 17.0 Å². The summed E-state index contributed by atoms with van der Waals surface area (Å²) in [4.78, 5) is 14.4. The normalized spacial score (nSPS) is 20.1. The second-order valence-electron chi connectivity index (χ2n) is 6.21. The average Bonchev–Trinajstić information content (AvgIpc) is 3.05. The quantitative estimate of drug-likeness (QED) is 0.841. The number of hydrogen-bond acceptors (Lipinski definition) is 4. The predicted octanol–water partition coefficient (Wildman–Crippen LogP) is 2.06. The van der Waals surface area contributed by atoms with Crippen molar-refractivity contribution in [3.63, 3.8) is 0 Å². The molecular formula is C19H20N2O4S. The van der Waals surface area contributed by atoms with E-state index in [-0.39, 0.29) is 24.1 Å². The van der Waals surface area contributed by atoms with E-state index in [2.05, 4.69) is 11.3 Å². The first-order valence-corrected chi connectivity index (χ1v) is 9.72. The summed E-state index contributed by atoms with van der Waals surface area (Å²) in [7, 11) is -3.62. The molecule has 1 fully saturated rings. The highest BCUT2D eigenvalue weighted by Gasteiger charge is 2.38. The van der Waals surface area contributed by atoms with Gasteiger partial charge in [0.15, 0.2) is 0 Å². The first kappa shape index (κ1) is 18.2. The van der Waals surface area contributed by atoms with Crippen LogP contribution in [0.2, 0.25) is 0 Å². The van der Waals surface area contributed by atoms with Crippen LogP contribution in [0.15, 0.2) is 66.6 Å². The van der Waals surface area contributed by atoms with Gasteiger partial charge in [0.2, 0.25) is 10.0 Å². The largest absolute Gasteiger partial charge is 0.508 e. The summed E-state index contributed by atoms with van der Waals surface area (Å²) in [5.41, 5.74) is 1.41. The molecule has 1 saturated heterocycles. The zero-order valence-electron chi connectivity index (χ0n) is 14.1. The number of nitrogens with one attached hydrogen (secondary N) is 1. The molecule has 0 saturated carbocycles. The van der Waals surface area contributed by atoms with E-state index >= 15 is 0 Å². The predicted molar refractivity (Wildman–Crippen MR) is 99.2 cm³/mol. The topological polar surface area (TPSA) is 86.7 Å². The van der Waals surface area contributed by atoms with Gasteiger partial charge in [0.1, 0.15) is 5.75 Å². The molecule has 3 rings (SSSR count). The van der Waals surface area contributed by atoms with Gasteiger partial charge in [-0.05, 0) is 29.8 Å². The van der Waals surface area contributed by atoms with Crippen LogP contribution in [0.5, 0.6) is 5.75 Å². The number of phenols is 1. The van der Waals surface area contributed by atoms with Crippen LogP contribution in [0, 0.1) is 0 Å². The van der Waals surface area contributed by atoms with Crippen LogP contribution in [0.4, 0.5) is 0 Å². The smallest absolute Gasteiger partial charge is 0.253 e. The average molecular weight is 372 g/mol. The van der Waals surface area contributed by atoms with E-state index in [0.717, 1.165) is 11.0 Å². The molecule has 2 atom stereocenters. The molecule has 1 aliphatic rings. The van der Waals surface area contributed by atoms with E-state index < -0.39 is 16.1 Å². The van der Waals surface area contributed by atoms with Crippen LogP contribution in [0.3, 0.4) is 0 Å². The zero-order chi connectivity index (χ0) is 18.7. The Balaban J connectivity index is 1.87. The zero-order valence-corrected chi connectivity index (χ0v) is 14.9. The summed E-state index contributed by atoms with van der Waals surface area (Å²) >= 11 is 0. The van der Waals surface area contributed by atoms with Crippen molar-refractivity contribution < 1.29 is 18.3 Å². The highest BCUT2D eigenvalue weighted by molar-refractivity contribution is 7.92. The number of sulfonamides is 1. The van der Waals surface area contributed by atoms with E-state index in [0.29, 0.717) is 12.1 Å². The SMILES string of the molecule is C=CS(=O)(=O)N[C@@H]1CN(C(=O)c2ccc(O)cc2)C[C@H]1c1ccccc1. The van der Waals surface area contributed by atoms with Crippen molar-refractivity contribution in [2.24, 2.45) is 0 Å². The Hall–Kier alpha value is -2.64. The maximum Gasteiger partial charge on any atom is 0.253 e. The maximum atomic E-state index is 12.8. The Morgan fingerprint density at radius 3 is 2.38 bits per heavy atom. The third kappa shape index (κ3) is 3.95. The lowest BCUT2D eigenvalue weighted by Gasteiger charge is -2.18. The molecule has 0 aromatic heterocycles. The monoisotopic (exact) mass is 372 g/mol. The van der Waals surface area contributed by atoms with Crippen molar-refractivity contribution in [2.45, 2.75) is 12.0 Å². The summed E-state index contributed by atoms with van der Waals surface area (Å²) < 4.78 is 26.5. The molecule has 6 nitrogen and oxygen atoms in total. The fraction of sp³-hybridized carbons (Fsp3) is 0.211. The van der Waals surface area contributed by atoms with Gasteiger partial charge in [0.25, 0.3) is 5.91 Å². The molecule has 136 valence electrons. The van der Waals surface area contributed by atoms with Gasteiger partial charge >= 0.3 is 0 Å². The molecule has 2 aromatic rings. The number of nitrogens with zero attached hydrogens (tertiary/aromatic N) is 1. The minimum absolute atomic E-state index is 0.0850. The van der Waals surface area contributed by atoms with Crippen LogP contribution in [-0.2, 0) is 10.0 Å². The molecule has 1 heterocycles. The van der Waals surface area contributed by atoms with Gasteiger partial charge in [-0.3, -0.25) is 4.79 Å².